The van der Waals surface area contributed by atoms with Crippen LogP contribution in [0.4, 0.5) is 0 Å². The number of hydrogen-bond acceptors (Lipinski definition) is 1. The number of halogens is 1. The van der Waals surface area contributed by atoms with Gasteiger partial charge in [0.1, 0.15) is 0 Å². The first kappa shape index (κ1) is 15.7. The molecule has 0 fully saturated rings. The number of hydrogen-bond donors (Lipinski definition) is 0. The van der Waals surface area contributed by atoms with Gasteiger partial charge in [-0.3, -0.25) is 4.90 Å². The lowest BCUT2D eigenvalue weighted by molar-refractivity contribution is 0.213. The fourth-order valence-corrected chi connectivity index (χ4v) is 2.70. The second kappa shape index (κ2) is 7.30. The SMILES string of the molecule is Cc1cc(C)c(CN(CCCBr)C(C)C)c(C)c1. The Morgan fingerprint density at radius 3 is 2.11 bits per heavy atom. The maximum atomic E-state index is 3.52. The zero-order valence-corrected chi connectivity index (χ0v) is 14.0. The Kier molecular flexibility index (Phi) is 6.37. The monoisotopic (exact) mass is 311 g/mol. The predicted octanol–water partition coefficient (Wildman–Crippen LogP) is 4.61. The van der Waals surface area contributed by atoms with Gasteiger partial charge in [-0.05, 0) is 64.3 Å². The molecule has 0 N–H and O–H groups in total. The molecule has 1 aromatic rings. The number of nitrogens with zero attached hydrogens (tertiary/aromatic N) is 1. The van der Waals surface area contributed by atoms with Crippen LogP contribution < -0.4 is 0 Å². The first-order chi connectivity index (χ1) is 8.45. The molecule has 0 saturated carbocycles. The molecule has 0 amide bonds. The third-order valence-corrected chi connectivity index (χ3v) is 4.07. The number of aryl methyl sites for hydroxylation is 3. The van der Waals surface area contributed by atoms with Gasteiger partial charge in [-0.25, -0.2) is 0 Å². The molecule has 0 aromatic heterocycles. The van der Waals surface area contributed by atoms with Gasteiger partial charge < -0.3 is 0 Å². The van der Waals surface area contributed by atoms with Crippen molar-refractivity contribution >= 4 is 15.9 Å². The Balaban J connectivity index is 2.86. The Morgan fingerprint density at radius 1 is 1.11 bits per heavy atom. The Hall–Kier alpha value is -0.340. The smallest absolute Gasteiger partial charge is 0.0241 e. The van der Waals surface area contributed by atoms with E-state index < -0.39 is 0 Å². The van der Waals surface area contributed by atoms with Crippen LogP contribution in [0.15, 0.2) is 12.1 Å². The average Bonchev–Trinajstić information content (AvgIpc) is 2.26. The van der Waals surface area contributed by atoms with Gasteiger partial charge in [-0.2, -0.15) is 0 Å². The Morgan fingerprint density at radius 2 is 1.67 bits per heavy atom. The van der Waals surface area contributed by atoms with Gasteiger partial charge in [0.2, 0.25) is 0 Å². The first-order valence-corrected chi connectivity index (χ1v) is 7.94. The van der Waals surface area contributed by atoms with Crippen LogP contribution >= 0.6 is 15.9 Å². The highest BCUT2D eigenvalue weighted by Gasteiger charge is 2.12. The van der Waals surface area contributed by atoms with Gasteiger partial charge in [0.05, 0.1) is 0 Å². The summed E-state index contributed by atoms with van der Waals surface area (Å²) in [7, 11) is 0. The van der Waals surface area contributed by atoms with Crippen molar-refractivity contribution in [2.45, 2.75) is 53.6 Å². The van der Waals surface area contributed by atoms with Crippen LogP contribution in [-0.2, 0) is 6.54 Å². The highest BCUT2D eigenvalue weighted by molar-refractivity contribution is 9.09. The maximum Gasteiger partial charge on any atom is 0.0241 e. The fourth-order valence-electron chi connectivity index (χ4n) is 2.45. The van der Waals surface area contributed by atoms with Crippen LogP contribution in [0.1, 0.15) is 42.5 Å². The normalized spacial score (nSPS) is 11.6. The lowest BCUT2D eigenvalue weighted by Gasteiger charge is -2.28. The number of rotatable bonds is 6. The summed E-state index contributed by atoms with van der Waals surface area (Å²) >= 11 is 3.52. The van der Waals surface area contributed by atoms with Crippen LogP contribution in [-0.4, -0.2) is 22.8 Å². The molecule has 18 heavy (non-hydrogen) atoms. The molecule has 1 rings (SSSR count). The Bertz CT molecular complexity index is 362. The molecule has 1 aromatic carbocycles. The van der Waals surface area contributed by atoms with Gasteiger partial charge >= 0.3 is 0 Å². The van der Waals surface area contributed by atoms with E-state index >= 15 is 0 Å². The van der Waals surface area contributed by atoms with E-state index in [0.29, 0.717) is 6.04 Å². The molecule has 0 atom stereocenters. The summed E-state index contributed by atoms with van der Waals surface area (Å²) in [5, 5.41) is 1.09. The molecule has 102 valence electrons. The van der Waals surface area contributed by atoms with E-state index in [1.807, 2.05) is 0 Å². The molecule has 0 saturated heterocycles. The predicted molar refractivity (Wildman–Crippen MR) is 84.6 cm³/mol. The van der Waals surface area contributed by atoms with Crippen LogP contribution in [0.25, 0.3) is 0 Å². The summed E-state index contributed by atoms with van der Waals surface area (Å²) in [6.07, 6.45) is 1.21. The third-order valence-electron chi connectivity index (χ3n) is 3.51. The van der Waals surface area contributed by atoms with Gasteiger partial charge in [0.15, 0.2) is 0 Å². The summed E-state index contributed by atoms with van der Waals surface area (Å²) in [6, 6.07) is 5.19. The highest BCUT2D eigenvalue weighted by atomic mass is 79.9. The van der Waals surface area contributed by atoms with Crippen LogP contribution in [0, 0.1) is 20.8 Å². The molecule has 0 radical (unpaired) electrons. The van der Waals surface area contributed by atoms with E-state index in [9.17, 15) is 0 Å². The van der Waals surface area contributed by atoms with Crippen molar-refractivity contribution in [3.63, 3.8) is 0 Å². The van der Waals surface area contributed by atoms with Crippen molar-refractivity contribution < 1.29 is 0 Å². The summed E-state index contributed by atoms with van der Waals surface area (Å²) < 4.78 is 0. The van der Waals surface area contributed by atoms with E-state index in [1.165, 1.54) is 28.7 Å². The van der Waals surface area contributed by atoms with Gasteiger partial charge in [-0.15, -0.1) is 0 Å². The molecule has 1 nitrogen and oxygen atoms in total. The second-order valence-electron chi connectivity index (χ2n) is 5.48. The van der Waals surface area contributed by atoms with Gasteiger partial charge in [0, 0.05) is 17.9 Å². The summed E-state index contributed by atoms with van der Waals surface area (Å²) in [6.45, 7) is 13.4. The van der Waals surface area contributed by atoms with Crippen LogP contribution in [0.3, 0.4) is 0 Å². The van der Waals surface area contributed by atoms with Crippen molar-refractivity contribution in [1.29, 1.82) is 0 Å². The van der Waals surface area contributed by atoms with E-state index in [1.54, 1.807) is 0 Å². The molecule has 0 heterocycles. The van der Waals surface area contributed by atoms with Gasteiger partial charge in [0.25, 0.3) is 0 Å². The van der Waals surface area contributed by atoms with Crippen molar-refractivity contribution in [3.8, 4) is 0 Å². The first-order valence-electron chi connectivity index (χ1n) is 6.82. The van der Waals surface area contributed by atoms with Crippen LogP contribution in [0.2, 0.25) is 0 Å². The molecule has 0 aliphatic heterocycles. The van der Waals surface area contributed by atoms with E-state index in [0.717, 1.165) is 18.4 Å². The quantitative estimate of drug-likeness (QED) is 0.694. The standard InChI is InChI=1S/C16H26BrN/c1-12(2)18(8-6-7-17)11-16-14(4)9-13(3)10-15(16)5/h9-10,12H,6-8,11H2,1-5H3. The molecule has 0 aliphatic rings. The molecule has 0 bridgehead atoms. The summed E-state index contributed by atoms with van der Waals surface area (Å²) in [4.78, 5) is 2.56. The van der Waals surface area contributed by atoms with Crippen LogP contribution in [0.5, 0.6) is 0 Å². The second-order valence-corrected chi connectivity index (χ2v) is 6.28. The molecular weight excluding hydrogens is 286 g/mol. The Labute approximate surface area is 121 Å². The van der Waals surface area contributed by atoms with E-state index in [-0.39, 0.29) is 0 Å². The minimum absolute atomic E-state index is 0.601. The minimum atomic E-state index is 0.601. The van der Waals surface area contributed by atoms with E-state index in [4.69, 9.17) is 0 Å². The van der Waals surface area contributed by atoms with Gasteiger partial charge in [-0.1, -0.05) is 33.6 Å². The lowest BCUT2D eigenvalue weighted by atomic mass is 9.99. The largest absolute Gasteiger partial charge is 0.297 e. The molecule has 0 aliphatic carbocycles. The van der Waals surface area contributed by atoms with E-state index in [2.05, 4.69) is 67.6 Å². The summed E-state index contributed by atoms with van der Waals surface area (Å²) in [5.74, 6) is 0. The third kappa shape index (κ3) is 4.40. The molecule has 0 unspecified atom stereocenters. The van der Waals surface area contributed by atoms with Crippen molar-refractivity contribution in [1.82, 2.24) is 4.90 Å². The number of benzene rings is 1. The average molecular weight is 312 g/mol. The highest BCUT2D eigenvalue weighted by Crippen LogP contribution is 2.19. The zero-order chi connectivity index (χ0) is 13.7. The number of alkyl halides is 1. The maximum absolute atomic E-state index is 3.52. The lowest BCUT2D eigenvalue weighted by Crippen LogP contribution is -2.32. The molecule has 0 spiro atoms. The topological polar surface area (TPSA) is 3.24 Å². The van der Waals surface area contributed by atoms with Crippen molar-refractivity contribution in [3.05, 3.63) is 34.4 Å². The van der Waals surface area contributed by atoms with Crippen molar-refractivity contribution in [2.24, 2.45) is 0 Å². The fraction of sp³-hybridized carbons (Fsp3) is 0.625. The minimum Gasteiger partial charge on any atom is -0.297 e. The summed E-state index contributed by atoms with van der Waals surface area (Å²) in [5.41, 5.74) is 5.73. The molecular formula is C16H26BrN. The zero-order valence-electron chi connectivity index (χ0n) is 12.4. The van der Waals surface area contributed by atoms with Crippen molar-refractivity contribution in [2.75, 3.05) is 11.9 Å². The molecule has 2 heteroatoms.